The van der Waals surface area contributed by atoms with Gasteiger partial charge in [0.15, 0.2) is 6.29 Å². The molecule has 0 aromatic heterocycles. The van der Waals surface area contributed by atoms with E-state index in [4.69, 9.17) is 14.6 Å². The van der Waals surface area contributed by atoms with Crippen LogP contribution in [0.15, 0.2) is 0 Å². The Hall–Kier alpha value is -0.160. The highest BCUT2D eigenvalue weighted by molar-refractivity contribution is 4.81. The summed E-state index contributed by atoms with van der Waals surface area (Å²) in [5, 5.41) is 18.4. The Bertz CT molecular complexity index is 126. The molecule has 1 heterocycles. The third-order valence-corrected chi connectivity index (χ3v) is 1.86. The molecular formula is C7H14O4. The lowest BCUT2D eigenvalue weighted by Crippen LogP contribution is -2.32. The summed E-state index contributed by atoms with van der Waals surface area (Å²) in [4.78, 5) is 0. The van der Waals surface area contributed by atoms with E-state index in [1.807, 2.05) is 0 Å². The molecule has 1 rings (SSSR count). The number of rotatable bonds is 2. The molecule has 0 amide bonds. The molecule has 11 heavy (non-hydrogen) atoms. The van der Waals surface area contributed by atoms with Gasteiger partial charge in [-0.3, -0.25) is 0 Å². The summed E-state index contributed by atoms with van der Waals surface area (Å²) in [6.07, 6.45) is -1.69. The molecule has 1 aliphatic heterocycles. The van der Waals surface area contributed by atoms with Crippen molar-refractivity contribution >= 4 is 0 Å². The van der Waals surface area contributed by atoms with E-state index >= 15 is 0 Å². The third-order valence-electron chi connectivity index (χ3n) is 1.86. The number of hydrogen-bond acceptors (Lipinski definition) is 4. The predicted molar refractivity (Wildman–Crippen MR) is 38.0 cm³/mol. The number of methoxy groups -OCH3 is 1. The largest absolute Gasteiger partial charge is 0.391 e. The smallest absolute Gasteiger partial charge is 0.160 e. The SMILES string of the molecule is CO[C@@H]1C[C@H](O)[C@@H](C(C)O)O1. The molecule has 2 N–H and O–H groups in total. The van der Waals surface area contributed by atoms with E-state index in [0.717, 1.165) is 0 Å². The van der Waals surface area contributed by atoms with Crippen molar-refractivity contribution in [1.82, 2.24) is 0 Å². The third kappa shape index (κ3) is 1.90. The molecule has 4 heteroatoms. The molecular weight excluding hydrogens is 148 g/mol. The summed E-state index contributed by atoms with van der Waals surface area (Å²) < 4.78 is 10.0. The van der Waals surface area contributed by atoms with Crippen LogP contribution in [0.2, 0.25) is 0 Å². The van der Waals surface area contributed by atoms with Crippen LogP contribution in [0.25, 0.3) is 0 Å². The topological polar surface area (TPSA) is 58.9 Å². The minimum Gasteiger partial charge on any atom is -0.391 e. The maximum atomic E-state index is 9.30. The molecule has 66 valence electrons. The second-order valence-corrected chi connectivity index (χ2v) is 2.81. The lowest BCUT2D eigenvalue weighted by atomic mass is 10.1. The minimum absolute atomic E-state index is 0.371. The molecule has 0 aromatic carbocycles. The van der Waals surface area contributed by atoms with Crippen LogP contribution >= 0.6 is 0 Å². The summed E-state index contributed by atoms with van der Waals surface area (Å²) in [5.74, 6) is 0. The molecule has 1 fully saturated rings. The van der Waals surface area contributed by atoms with Crippen molar-refractivity contribution in [2.24, 2.45) is 0 Å². The van der Waals surface area contributed by atoms with Gasteiger partial charge >= 0.3 is 0 Å². The normalized spacial score (nSPS) is 40.9. The zero-order valence-electron chi connectivity index (χ0n) is 6.73. The Kier molecular flexibility index (Phi) is 2.84. The monoisotopic (exact) mass is 162 g/mol. The van der Waals surface area contributed by atoms with Crippen LogP contribution in [0.4, 0.5) is 0 Å². The Balaban J connectivity index is 2.45. The summed E-state index contributed by atoms with van der Waals surface area (Å²) in [5.41, 5.74) is 0. The van der Waals surface area contributed by atoms with Gasteiger partial charge in [-0.25, -0.2) is 0 Å². The van der Waals surface area contributed by atoms with Gasteiger partial charge < -0.3 is 19.7 Å². The first kappa shape index (κ1) is 8.93. The Morgan fingerprint density at radius 3 is 2.55 bits per heavy atom. The first-order valence-corrected chi connectivity index (χ1v) is 3.69. The summed E-state index contributed by atoms with van der Waals surface area (Å²) in [6.45, 7) is 1.59. The van der Waals surface area contributed by atoms with Crippen molar-refractivity contribution < 1.29 is 19.7 Å². The van der Waals surface area contributed by atoms with E-state index in [0.29, 0.717) is 6.42 Å². The number of aliphatic hydroxyl groups is 2. The zero-order valence-corrected chi connectivity index (χ0v) is 6.73. The number of aliphatic hydroxyl groups excluding tert-OH is 2. The molecule has 0 aliphatic carbocycles. The van der Waals surface area contributed by atoms with Crippen molar-refractivity contribution in [3.05, 3.63) is 0 Å². The van der Waals surface area contributed by atoms with Crippen LogP contribution in [0.1, 0.15) is 13.3 Å². The van der Waals surface area contributed by atoms with E-state index in [1.165, 1.54) is 7.11 Å². The maximum Gasteiger partial charge on any atom is 0.160 e. The lowest BCUT2D eigenvalue weighted by Gasteiger charge is -2.16. The highest BCUT2D eigenvalue weighted by atomic mass is 16.7. The Morgan fingerprint density at radius 2 is 2.27 bits per heavy atom. The molecule has 1 aliphatic rings. The predicted octanol–water partition coefficient (Wildman–Crippen LogP) is -0.510. The van der Waals surface area contributed by atoms with E-state index in [-0.39, 0.29) is 6.29 Å². The van der Waals surface area contributed by atoms with Gasteiger partial charge in [-0.05, 0) is 6.92 Å². The van der Waals surface area contributed by atoms with Crippen LogP contribution in [-0.4, -0.2) is 41.9 Å². The Morgan fingerprint density at radius 1 is 1.64 bits per heavy atom. The molecule has 1 saturated heterocycles. The van der Waals surface area contributed by atoms with Crippen LogP contribution in [0.5, 0.6) is 0 Å². The van der Waals surface area contributed by atoms with Gasteiger partial charge in [0.05, 0.1) is 12.2 Å². The number of hydrogen-bond donors (Lipinski definition) is 2. The van der Waals surface area contributed by atoms with E-state index in [9.17, 15) is 5.11 Å². The second kappa shape index (κ2) is 3.49. The quantitative estimate of drug-likeness (QED) is 0.574. The van der Waals surface area contributed by atoms with Gasteiger partial charge in [0.25, 0.3) is 0 Å². The summed E-state index contributed by atoms with van der Waals surface area (Å²) in [6, 6.07) is 0. The van der Waals surface area contributed by atoms with Crippen LogP contribution in [0.3, 0.4) is 0 Å². The van der Waals surface area contributed by atoms with Crippen LogP contribution in [0, 0.1) is 0 Å². The fourth-order valence-corrected chi connectivity index (χ4v) is 1.24. The van der Waals surface area contributed by atoms with Gasteiger partial charge in [-0.2, -0.15) is 0 Å². The minimum atomic E-state index is -0.648. The average molecular weight is 162 g/mol. The number of ether oxygens (including phenoxy) is 2. The summed E-state index contributed by atoms with van der Waals surface area (Å²) in [7, 11) is 1.52. The van der Waals surface area contributed by atoms with Crippen molar-refractivity contribution in [3.63, 3.8) is 0 Å². The fraction of sp³-hybridized carbons (Fsp3) is 1.00. The Labute approximate surface area is 65.7 Å². The van der Waals surface area contributed by atoms with E-state index in [1.54, 1.807) is 6.92 Å². The first-order chi connectivity index (χ1) is 5.15. The average Bonchev–Trinajstić information content (AvgIpc) is 2.30. The summed E-state index contributed by atoms with van der Waals surface area (Å²) >= 11 is 0. The van der Waals surface area contributed by atoms with Gasteiger partial charge in [0, 0.05) is 13.5 Å². The van der Waals surface area contributed by atoms with Gasteiger partial charge in [0.2, 0.25) is 0 Å². The fourth-order valence-electron chi connectivity index (χ4n) is 1.24. The molecule has 0 radical (unpaired) electrons. The van der Waals surface area contributed by atoms with Crippen molar-refractivity contribution in [2.75, 3.05) is 7.11 Å². The maximum absolute atomic E-state index is 9.30. The van der Waals surface area contributed by atoms with Gasteiger partial charge in [0.1, 0.15) is 6.10 Å². The first-order valence-electron chi connectivity index (χ1n) is 3.69. The molecule has 1 unspecified atom stereocenters. The van der Waals surface area contributed by atoms with E-state index in [2.05, 4.69) is 0 Å². The molecule has 4 atom stereocenters. The van der Waals surface area contributed by atoms with E-state index < -0.39 is 18.3 Å². The molecule has 0 spiro atoms. The second-order valence-electron chi connectivity index (χ2n) is 2.81. The van der Waals surface area contributed by atoms with Crippen LogP contribution < -0.4 is 0 Å². The van der Waals surface area contributed by atoms with Crippen molar-refractivity contribution in [2.45, 2.75) is 37.9 Å². The van der Waals surface area contributed by atoms with Crippen LogP contribution in [-0.2, 0) is 9.47 Å². The molecule has 0 bridgehead atoms. The lowest BCUT2D eigenvalue weighted by molar-refractivity contribution is -0.141. The van der Waals surface area contributed by atoms with Crippen molar-refractivity contribution in [3.8, 4) is 0 Å². The van der Waals surface area contributed by atoms with Gasteiger partial charge in [-0.1, -0.05) is 0 Å². The van der Waals surface area contributed by atoms with Gasteiger partial charge in [-0.15, -0.1) is 0 Å². The molecule has 0 aromatic rings. The standard InChI is InChI=1S/C7H14O4/c1-4(8)7-5(9)3-6(10-2)11-7/h4-9H,3H2,1-2H3/t4?,5-,6-,7+/m0/s1. The molecule has 4 nitrogen and oxygen atoms in total. The van der Waals surface area contributed by atoms with Crippen molar-refractivity contribution in [1.29, 1.82) is 0 Å². The molecule has 0 saturated carbocycles. The highest BCUT2D eigenvalue weighted by Crippen LogP contribution is 2.22. The zero-order chi connectivity index (χ0) is 8.43. The highest BCUT2D eigenvalue weighted by Gasteiger charge is 2.36.